The van der Waals surface area contributed by atoms with Gasteiger partial charge in [-0.05, 0) is 65.9 Å². The van der Waals surface area contributed by atoms with E-state index in [1.165, 1.54) is 36.4 Å². The fourth-order valence-corrected chi connectivity index (χ4v) is 4.12. The highest BCUT2D eigenvalue weighted by atomic mass is 79.9. The summed E-state index contributed by atoms with van der Waals surface area (Å²) < 4.78 is 18.5. The van der Waals surface area contributed by atoms with Crippen LogP contribution in [0.5, 0.6) is 0 Å². The first-order chi connectivity index (χ1) is 16.7. The normalized spacial score (nSPS) is 17.6. The molecular formula is C24H25BrFN5O4. The second-order valence-corrected chi connectivity index (χ2v) is 9.14. The van der Waals surface area contributed by atoms with Crippen molar-refractivity contribution in [1.82, 2.24) is 21.1 Å². The first-order valence-electron chi connectivity index (χ1n) is 11.1. The van der Waals surface area contributed by atoms with Crippen LogP contribution in [0.2, 0.25) is 0 Å². The second kappa shape index (κ2) is 12.3. The molecule has 1 aromatic carbocycles. The molecule has 11 heteroatoms. The number of hydrogen-bond acceptors (Lipinski definition) is 6. The summed E-state index contributed by atoms with van der Waals surface area (Å²) in [4.78, 5) is 38.3. The number of aryl methyl sites for hydroxylation is 1. The van der Waals surface area contributed by atoms with Crippen molar-refractivity contribution < 1.29 is 23.3 Å². The Balaban J connectivity index is 1.80. The number of allylic oxidation sites excluding steroid dienone is 1. The third kappa shape index (κ3) is 7.75. The first-order valence-corrected chi connectivity index (χ1v) is 11.9. The van der Waals surface area contributed by atoms with E-state index in [9.17, 15) is 24.0 Å². The molecule has 1 saturated heterocycles. The molecule has 0 unspecified atom stereocenters. The Morgan fingerprint density at radius 2 is 2.11 bits per heavy atom. The van der Waals surface area contributed by atoms with Gasteiger partial charge in [-0.3, -0.25) is 14.4 Å². The van der Waals surface area contributed by atoms with Crippen LogP contribution in [-0.4, -0.2) is 41.5 Å². The van der Waals surface area contributed by atoms with Crippen LogP contribution in [0.4, 0.5) is 4.39 Å². The predicted octanol–water partition coefficient (Wildman–Crippen LogP) is 2.67. The molecule has 9 nitrogen and oxygen atoms in total. The van der Waals surface area contributed by atoms with Crippen molar-refractivity contribution in [2.24, 2.45) is 5.92 Å². The van der Waals surface area contributed by atoms with Gasteiger partial charge in [0.2, 0.25) is 11.8 Å². The fraction of sp³-hybridized carbons (Fsp3) is 0.375. The molecule has 3 rings (SSSR count). The van der Waals surface area contributed by atoms with Gasteiger partial charge in [-0.25, -0.2) is 4.39 Å². The van der Waals surface area contributed by atoms with Gasteiger partial charge in [0.25, 0.3) is 5.91 Å². The van der Waals surface area contributed by atoms with Gasteiger partial charge in [0, 0.05) is 24.9 Å². The number of halogens is 2. The summed E-state index contributed by atoms with van der Waals surface area (Å²) in [7, 11) is 0. The monoisotopic (exact) mass is 545 g/mol. The maximum absolute atomic E-state index is 13.4. The summed E-state index contributed by atoms with van der Waals surface area (Å²) in [6.07, 6.45) is 3.37. The van der Waals surface area contributed by atoms with Gasteiger partial charge in [0.05, 0.1) is 10.5 Å². The third-order valence-corrected chi connectivity index (χ3v) is 6.00. The van der Waals surface area contributed by atoms with Crippen molar-refractivity contribution in [2.75, 3.05) is 6.54 Å². The molecule has 3 amide bonds. The average Bonchev–Trinajstić information content (AvgIpc) is 3.27. The molecule has 1 fully saturated rings. The smallest absolute Gasteiger partial charge is 0.274 e. The van der Waals surface area contributed by atoms with Gasteiger partial charge in [-0.1, -0.05) is 17.3 Å². The van der Waals surface area contributed by atoms with Crippen LogP contribution in [0.1, 0.15) is 41.1 Å². The fourth-order valence-electron chi connectivity index (χ4n) is 3.80. The van der Waals surface area contributed by atoms with E-state index in [-0.39, 0.29) is 34.8 Å². The number of benzene rings is 1. The van der Waals surface area contributed by atoms with Crippen molar-refractivity contribution >= 4 is 33.7 Å². The van der Waals surface area contributed by atoms with E-state index in [2.05, 4.69) is 37.0 Å². The zero-order valence-corrected chi connectivity index (χ0v) is 20.6. The Labute approximate surface area is 210 Å². The van der Waals surface area contributed by atoms with Crippen molar-refractivity contribution in [3.63, 3.8) is 0 Å². The van der Waals surface area contributed by atoms with E-state index >= 15 is 0 Å². The number of aromatic nitrogens is 1. The van der Waals surface area contributed by atoms with Gasteiger partial charge < -0.3 is 20.5 Å². The molecule has 3 N–H and O–H groups in total. The molecule has 0 saturated carbocycles. The number of nitrogens with zero attached hydrogens (tertiary/aromatic N) is 2. The van der Waals surface area contributed by atoms with Gasteiger partial charge >= 0.3 is 0 Å². The Kier molecular flexibility index (Phi) is 9.14. The topological polar surface area (TPSA) is 137 Å². The lowest BCUT2D eigenvalue weighted by Crippen LogP contribution is -2.51. The Morgan fingerprint density at radius 3 is 2.74 bits per heavy atom. The van der Waals surface area contributed by atoms with Crippen molar-refractivity contribution in [3.05, 3.63) is 63.7 Å². The van der Waals surface area contributed by atoms with Crippen LogP contribution in [0.3, 0.4) is 0 Å². The Bertz CT molecular complexity index is 1140. The molecule has 0 radical (unpaired) electrons. The molecule has 1 aliphatic heterocycles. The van der Waals surface area contributed by atoms with Crippen LogP contribution >= 0.6 is 15.9 Å². The zero-order chi connectivity index (χ0) is 25.4. The number of nitriles is 1. The minimum atomic E-state index is -1.04. The molecule has 1 aromatic heterocycles. The van der Waals surface area contributed by atoms with Crippen LogP contribution < -0.4 is 16.0 Å². The first kappa shape index (κ1) is 26.1. The highest BCUT2D eigenvalue weighted by molar-refractivity contribution is 9.12. The summed E-state index contributed by atoms with van der Waals surface area (Å²) in [6, 6.07) is 7.30. The maximum Gasteiger partial charge on any atom is 0.274 e. The van der Waals surface area contributed by atoms with Gasteiger partial charge in [-0.15, -0.1) is 0 Å². The van der Waals surface area contributed by atoms with E-state index in [0.29, 0.717) is 24.3 Å². The van der Waals surface area contributed by atoms with Gasteiger partial charge in [-0.2, -0.15) is 5.26 Å². The number of carbonyl (C=O) groups excluding carboxylic acids is 3. The van der Waals surface area contributed by atoms with Crippen LogP contribution in [0.25, 0.3) is 0 Å². The number of amides is 3. The van der Waals surface area contributed by atoms with E-state index in [1.54, 1.807) is 6.92 Å². The highest BCUT2D eigenvalue weighted by Gasteiger charge is 2.29. The molecule has 3 atom stereocenters. The van der Waals surface area contributed by atoms with Crippen molar-refractivity contribution in [1.29, 1.82) is 5.26 Å². The summed E-state index contributed by atoms with van der Waals surface area (Å²) in [5, 5.41) is 21.2. The molecule has 0 aliphatic carbocycles. The summed E-state index contributed by atoms with van der Waals surface area (Å²) >= 11 is 3.14. The largest absolute Gasteiger partial charge is 0.361 e. The van der Waals surface area contributed by atoms with Gasteiger partial charge in [0.15, 0.2) is 5.69 Å². The van der Waals surface area contributed by atoms with E-state index in [1.807, 2.05) is 6.07 Å². The summed E-state index contributed by atoms with van der Waals surface area (Å²) in [5.74, 6) is -1.55. The van der Waals surface area contributed by atoms with Crippen LogP contribution in [0.15, 0.2) is 45.4 Å². The van der Waals surface area contributed by atoms with Crippen LogP contribution in [0, 0.1) is 30.0 Å². The minimum Gasteiger partial charge on any atom is -0.361 e. The van der Waals surface area contributed by atoms with E-state index < -0.39 is 29.7 Å². The number of carbonyl (C=O) groups is 3. The number of nitrogens with one attached hydrogen (secondary N) is 3. The van der Waals surface area contributed by atoms with Crippen molar-refractivity contribution in [3.8, 4) is 6.07 Å². The summed E-state index contributed by atoms with van der Waals surface area (Å²) in [6.45, 7) is 2.25. The minimum absolute atomic E-state index is 0.0157. The lowest BCUT2D eigenvalue weighted by molar-refractivity contribution is -0.128. The maximum atomic E-state index is 13.4. The van der Waals surface area contributed by atoms with E-state index in [4.69, 9.17) is 4.52 Å². The van der Waals surface area contributed by atoms with Crippen LogP contribution in [-0.2, 0) is 16.0 Å². The Hall–Kier alpha value is -3.52. The number of rotatable bonds is 9. The molecule has 2 aromatic rings. The molecule has 184 valence electrons. The molecule has 1 aliphatic rings. The third-order valence-electron chi connectivity index (χ3n) is 5.56. The predicted molar refractivity (Wildman–Crippen MR) is 128 cm³/mol. The molecule has 0 spiro atoms. The average molecular weight is 546 g/mol. The lowest BCUT2D eigenvalue weighted by atomic mass is 9.91. The Morgan fingerprint density at radius 1 is 1.37 bits per heavy atom. The quantitative estimate of drug-likeness (QED) is 0.414. The molecule has 2 heterocycles. The number of piperidine rings is 1. The van der Waals surface area contributed by atoms with Crippen molar-refractivity contribution in [2.45, 2.75) is 44.7 Å². The second-order valence-electron chi connectivity index (χ2n) is 8.29. The zero-order valence-electron chi connectivity index (χ0n) is 19.0. The number of hydrogen-bond donors (Lipinski definition) is 3. The highest BCUT2D eigenvalue weighted by Crippen LogP contribution is 2.20. The van der Waals surface area contributed by atoms with E-state index in [0.717, 1.165) is 6.42 Å². The molecule has 0 bridgehead atoms. The molecule has 35 heavy (non-hydrogen) atoms. The summed E-state index contributed by atoms with van der Waals surface area (Å²) in [5.41, 5.74) is 0.641. The molecular weight excluding hydrogens is 521 g/mol. The van der Waals surface area contributed by atoms with Gasteiger partial charge in [0.1, 0.15) is 23.7 Å². The standard InChI is InChI=1S/C24H25BrFN5O4/c1-14-9-21(31-35-14)24(34)30-20(10-15-4-6-18(26)7-5-15)23(33)29-19(12-17(25)13-27)11-16-3-2-8-28-22(16)32/h4-7,9,12,16,19-20H,2-3,8,10-11H2,1H3,(H,28,32)(H,29,33)(H,30,34)/t16-,19-,20-/m0/s1. The SMILES string of the molecule is Cc1cc(C(=O)N[C@@H](Cc2ccc(F)cc2)C(=O)N[C@H](C=C(Br)C#N)C[C@@H]2CCCNC2=O)no1. The lowest BCUT2D eigenvalue weighted by Gasteiger charge is -2.27.